The molecule has 1 amide bonds. The zero-order valence-corrected chi connectivity index (χ0v) is 12.7. The first-order valence-corrected chi connectivity index (χ1v) is 7.31. The van der Waals surface area contributed by atoms with Crippen LogP contribution in [0, 0.1) is 13.8 Å². The maximum Gasteiger partial charge on any atom is 0.239 e. The minimum absolute atomic E-state index is 0.0195. The lowest BCUT2D eigenvalue weighted by Gasteiger charge is -2.26. The normalized spacial score (nSPS) is 15.9. The van der Waals surface area contributed by atoms with Crippen molar-refractivity contribution in [2.24, 2.45) is 0 Å². The van der Waals surface area contributed by atoms with Gasteiger partial charge in [0, 0.05) is 49.7 Å². The van der Waals surface area contributed by atoms with E-state index in [1.54, 1.807) is 12.1 Å². The van der Waals surface area contributed by atoms with Gasteiger partial charge in [-0.05, 0) is 13.8 Å². The van der Waals surface area contributed by atoms with Crippen LogP contribution in [0.15, 0.2) is 16.9 Å². The molecule has 1 fully saturated rings. The second-order valence-electron chi connectivity index (χ2n) is 5.36. The summed E-state index contributed by atoms with van der Waals surface area (Å²) in [6, 6.07) is 3.10. The zero-order chi connectivity index (χ0) is 15.2. The maximum absolute atomic E-state index is 12.0. The monoisotopic (exact) mass is 293 g/mol. The maximum atomic E-state index is 12.0. The van der Waals surface area contributed by atoms with Gasteiger partial charge in [0.15, 0.2) is 5.43 Å². The number of aromatic nitrogens is 1. The van der Waals surface area contributed by atoms with E-state index in [0.717, 1.165) is 44.2 Å². The highest BCUT2D eigenvalue weighted by Gasteiger charge is 2.11. The highest BCUT2D eigenvalue weighted by atomic mass is 16.5. The molecule has 1 N–H and O–H groups in total. The number of amides is 1. The molecule has 6 nitrogen and oxygen atoms in total. The van der Waals surface area contributed by atoms with Crippen molar-refractivity contribution in [3.8, 4) is 0 Å². The van der Waals surface area contributed by atoms with E-state index < -0.39 is 0 Å². The number of nitrogens with zero attached hydrogens (tertiary/aromatic N) is 2. The van der Waals surface area contributed by atoms with Crippen molar-refractivity contribution in [3.63, 3.8) is 0 Å². The Hall–Kier alpha value is -1.66. The number of ether oxygens (including phenoxy) is 1. The minimum atomic E-state index is -0.0295. The molecule has 2 heterocycles. The van der Waals surface area contributed by atoms with Crippen LogP contribution in [0.3, 0.4) is 0 Å². The van der Waals surface area contributed by atoms with E-state index >= 15 is 0 Å². The highest BCUT2D eigenvalue weighted by Crippen LogP contribution is 2.01. The Bertz CT molecular complexity index is 521. The smallest absolute Gasteiger partial charge is 0.239 e. The molecule has 0 radical (unpaired) electrons. The van der Waals surface area contributed by atoms with Gasteiger partial charge in [0.05, 0.1) is 13.2 Å². The van der Waals surface area contributed by atoms with Gasteiger partial charge in [0.2, 0.25) is 5.91 Å². The van der Waals surface area contributed by atoms with Crippen molar-refractivity contribution in [1.29, 1.82) is 0 Å². The molecule has 0 saturated carbocycles. The van der Waals surface area contributed by atoms with Crippen LogP contribution >= 0.6 is 0 Å². The molecule has 1 aliphatic heterocycles. The lowest BCUT2D eigenvalue weighted by atomic mass is 10.3. The highest BCUT2D eigenvalue weighted by molar-refractivity contribution is 5.75. The topological polar surface area (TPSA) is 63.6 Å². The van der Waals surface area contributed by atoms with E-state index in [9.17, 15) is 9.59 Å². The van der Waals surface area contributed by atoms with Crippen molar-refractivity contribution in [2.45, 2.75) is 20.4 Å². The van der Waals surface area contributed by atoms with Gasteiger partial charge in [0.1, 0.15) is 6.54 Å². The number of carbonyl (C=O) groups is 1. The van der Waals surface area contributed by atoms with Crippen LogP contribution < -0.4 is 10.7 Å². The zero-order valence-electron chi connectivity index (χ0n) is 12.7. The van der Waals surface area contributed by atoms with E-state index in [-0.39, 0.29) is 17.9 Å². The van der Waals surface area contributed by atoms with Crippen molar-refractivity contribution in [2.75, 3.05) is 39.4 Å². The summed E-state index contributed by atoms with van der Waals surface area (Å²) in [6.07, 6.45) is 0. The summed E-state index contributed by atoms with van der Waals surface area (Å²) in [7, 11) is 0. The summed E-state index contributed by atoms with van der Waals surface area (Å²) >= 11 is 0. The minimum Gasteiger partial charge on any atom is -0.379 e. The lowest BCUT2D eigenvalue weighted by Crippen LogP contribution is -2.42. The number of rotatable bonds is 5. The summed E-state index contributed by atoms with van der Waals surface area (Å²) in [5.41, 5.74) is 1.60. The number of hydrogen-bond acceptors (Lipinski definition) is 4. The molecule has 1 aliphatic rings. The fourth-order valence-corrected chi connectivity index (χ4v) is 2.51. The number of aryl methyl sites for hydroxylation is 2. The molecule has 0 bridgehead atoms. The van der Waals surface area contributed by atoms with Gasteiger partial charge < -0.3 is 14.6 Å². The predicted molar refractivity (Wildman–Crippen MR) is 80.4 cm³/mol. The van der Waals surface area contributed by atoms with Gasteiger partial charge in [-0.25, -0.2) is 0 Å². The number of pyridine rings is 1. The van der Waals surface area contributed by atoms with Crippen molar-refractivity contribution < 1.29 is 9.53 Å². The van der Waals surface area contributed by atoms with Crippen molar-refractivity contribution in [1.82, 2.24) is 14.8 Å². The van der Waals surface area contributed by atoms with Crippen molar-refractivity contribution >= 4 is 5.91 Å². The van der Waals surface area contributed by atoms with E-state index in [2.05, 4.69) is 10.2 Å². The summed E-state index contributed by atoms with van der Waals surface area (Å²) < 4.78 is 7.14. The van der Waals surface area contributed by atoms with Crippen LogP contribution in [0.5, 0.6) is 0 Å². The molecule has 0 aliphatic carbocycles. The average molecular weight is 293 g/mol. The molecule has 1 saturated heterocycles. The summed E-state index contributed by atoms with van der Waals surface area (Å²) in [6.45, 7) is 8.80. The fourth-order valence-electron chi connectivity index (χ4n) is 2.51. The molecule has 0 atom stereocenters. The van der Waals surface area contributed by atoms with E-state index in [4.69, 9.17) is 4.74 Å². The third-order valence-corrected chi connectivity index (χ3v) is 3.71. The molecule has 2 rings (SSSR count). The lowest BCUT2D eigenvalue weighted by molar-refractivity contribution is -0.121. The summed E-state index contributed by atoms with van der Waals surface area (Å²) in [4.78, 5) is 25.6. The molecule has 1 aromatic heterocycles. The van der Waals surface area contributed by atoms with Gasteiger partial charge >= 0.3 is 0 Å². The van der Waals surface area contributed by atoms with E-state index in [0.29, 0.717) is 6.54 Å². The first-order chi connectivity index (χ1) is 10.1. The summed E-state index contributed by atoms with van der Waals surface area (Å²) in [5.74, 6) is -0.0295. The Morgan fingerprint density at radius 2 is 1.86 bits per heavy atom. The molecule has 0 spiro atoms. The number of morpholine rings is 1. The van der Waals surface area contributed by atoms with E-state index in [1.165, 1.54) is 0 Å². The summed E-state index contributed by atoms with van der Waals surface area (Å²) in [5, 5.41) is 2.93. The largest absolute Gasteiger partial charge is 0.379 e. The third kappa shape index (κ3) is 4.68. The van der Waals surface area contributed by atoms with Gasteiger partial charge in [0.25, 0.3) is 0 Å². The van der Waals surface area contributed by atoms with Crippen LogP contribution in [0.2, 0.25) is 0 Å². The van der Waals surface area contributed by atoms with Crippen LogP contribution in [0.4, 0.5) is 0 Å². The van der Waals surface area contributed by atoms with Gasteiger partial charge in [-0.15, -0.1) is 0 Å². The Balaban J connectivity index is 1.80. The second kappa shape index (κ2) is 7.38. The average Bonchev–Trinajstić information content (AvgIpc) is 2.44. The fraction of sp³-hybridized carbons (Fsp3) is 0.600. The Morgan fingerprint density at radius 1 is 1.24 bits per heavy atom. The molecule has 6 heteroatoms. The molecule has 116 valence electrons. The van der Waals surface area contributed by atoms with Crippen LogP contribution in [0.25, 0.3) is 0 Å². The Morgan fingerprint density at radius 3 is 2.48 bits per heavy atom. The molecule has 1 aromatic rings. The van der Waals surface area contributed by atoms with Crippen LogP contribution in [-0.2, 0) is 16.1 Å². The van der Waals surface area contributed by atoms with Gasteiger partial charge in [-0.1, -0.05) is 0 Å². The second-order valence-corrected chi connectivity index (χ2v) is 5.36. The van der Waals surface area contributed by atoms with Crippen molar-refractivity contribution in [3.05, 3.63) is 33.7 Å². The Kier molecular flexibility index (Phi) is 5.52. The quantitative estimate of drug-likeness (QED) is 0.824. The van der Waals surface area contributed by atoms with Gasteiger partial charge in [-0.2, -0.15) is 0 Å². The van der Waals surface area contributed by atoms with E-state index in [1.807, 2.05) is 18.4 Å². The predicted octanol–water partition coefficient (Wildman–Crippen LogP) is -0.0865. The number of nitrogens with one attached hydrogen (secondary N) is 1. The molecular formula is C15H23N3O3. The Labute approximate surface area is 124 Å². The molecule has 21 heavy (non-hydrogen) atoms. The molecule has 0 unspecified atom stereocenters. The van der Waals surface area contributed by atoms with Gasteiger partial charge in [-0.3, -0.25) is 14.5 Å². The number of carbonyl (C=O) groups excluding carboxylic acids is 1. The third-order valence-electron chi connectivity index (χ3n) is 3.71. The van der Waals surface area contributed by atoms with Crippen LogP contribution in [0.1, 0.15) is 11.4 Å². The first-order valence-electron chi connectivity index (χ1n) is 7.31. The SMILES string of the molecule is Cc1cc(=O)cc(C)n1CC(=O)NCCN1CCOCC1. The van der Waals surface area contributed by atoms with Crippen LogP contribution in [-0.4, -0.2) is 54.8 Å². The first kappa shape index (κ1) is 15.7. The molecular weight excluding hydrogens is 270 g/mol. The number of hydrogen-bond donors (Lipinski definition) is 1. The molecule has 0 aromatic carbocycles. The standard InChI is InChI=1S/C15H23N3O3/c1-12-9-14(19)10-13(2)18(12)11-15(20)16-3-4-17-5-7-21-8-6-17/h9-10H,3-8,11H2,1-2H3,(H,16,20).